The molecule has 31 heavy (non-hydrogen) atoms. The molecule has 6 nitrogen and oxygen atoms in total. The van der Waals surface area contributed by atoms with E-state index >= 15 is 0 Å². The van der Waals surface area contributed by atoms with Gasteiger partial charge in [0, 0.05) is 24.7 Å². The smallest absolute Gasteiger partial charge is 0.267 e. The van der Waals surface area contributed by atoms with E-state index in [2.05, 4.69) is 11.2 Å². The Balaban J connectivity index is 1.73. The molecular weight excluding hydrogens is 410 g/mol. The van der Waals surface area contributed by atoms with Crippen molar-refractivity contribution in [1.29, 1.82) is 0 Å². The van der Waals surface area contributed by atoms with Crippen LogP contribution in [-0.2, 0) is 16.6 Å². The van der Waals surface area contributed by atoms with Crippen molar-refractivity contribution in [2.75, 3.05) is 13.1 Å². The molecule has 0 radical (unpaired) electrons. The van der Waals surface area contributed by atoms with Crippen LogP contribution in [-0.4, -0.2) is 35.6 Å². The van der Waals surface area contributed by atoms with Gasteiger partial charge in [-0.15, -0.1) is 0 Å². The summed E-state index contributed by atoms with van der Waals surface area (Å²) in [5.74, 6) is 0. The second-order valence-electron chi connectivity index (χ2n) is 8.24. The molecule has 2 heterocycles. The van der Waals surface area contributed by atoms with Crippen molar-refractivity contribution in [1.82, 2.24) is 14.1 Å². The lowest BCUT2D eigenvalue weighted by atomic mass is 10.1. The fraction of sp³-hybridized carbons (Fsp3) is 0.333. The Morgan fingerprint density at radius 2 is 1.61 bits per heavy atom. The Morgan fingerprint density at radius 1 is 0.903 bits per heavy atom. The van der Waals surface area contributed by atoms with Gasteiger partial charge in [-0.3, -0.25) is 4.79 Å². The number of sulfonamides is 1. The second kappa shape index (κ2) is 8.40. The van der Waals surface area contributed by atoms with Gasteiger partial charge in [0.05, 0.1) is 17.1 Å². The summed E-state index contributed by atoms with van der Waals surface area (Å²) in [6.45, 7) is 7.33. The molecule has 0 amide bonds. The Bertz CT molecular complexity index is 1290. The van der Waals surface area contributed by atoms with Gasteiger partial charge < -0.3 is 0 Å². The Hall–Kier alpha value is -2.77. The fourth-order valence-electron chi connectivity index (χ4n) is 3.95. The third-order valence-corrected chi connectivity index (χ3v) is 7.90. The highest BCUT2D eigenvalue weighted by molar-refractivity contribution is 7.89. The molecule has 0 aliphatic carbocycles. The van der Waals surface area contributed by atoms with Gasteiger partial charge >= 0.3 is 0 Å². The largest absolute Gasteiger partial charge is 0.268 e. The van der Waals surface area contributed by atoms with Crippen molar-refractivity contribution >= 4 is 10.0 Å². The third kappa shape index (κ3) is 4.34. The topological polar surface area (TPSA) is 72.3 Å². The van der Waals surface area contributed by atoms with Crippen LogP contribution in [0.3, 0.4) is 0 Å². The molecule has 1 aliphatic heterocycles. The van der Waals surface area contributed by atoms with Gasteiger partial charge in [0.25, 0.3) is 5.56 Å². The molecule has 0 spiro atoms. The molecule has 1 saturated heterocycles. The minimum atomic E-state index is -3.54. The maximum Gasteiger partial charge on any atom is 0.267 e. The van der Waals surface area contributed by atoms with E-state index in [1.165, 1.54) is 10.7 Å². The molecule has 0 bridgehead atoms. The molecule has 4 rings (SSSR count). The molecule has 0 saturated carbocycles. The molecule has 7 heteroatoms. The van der Waals surface area contributed by atoms with E-state index in [1.807, 2.05) is 39.0 Å². The first-order valence-corrected chi connectivity index (χ1v) is 12.0. The zero-order valence-electron chi connectivity index (χ0n) is 18.1. The van der Waals surface area contributed by atoms with Crippen LogP contribution < -0.4 is 5.56 Å². The summed E-state index contributed by atoms with van der Waals surface area (Å²) in [6, 6.07) is 14.6. The van der Waals surface area contributed by atoms with Gasteiger partial charge in [-0.1, -0.05) is 35.9 Å². The maximum atomic E-state index is 13.1. The monoisotopic (exact) mass is 437 g/mol. The summed E-state index contributed by atoms with van der Waals surface area (Å²) in [5, 5.41) is 4.55. The normalized spacial score (nSPS) is 14.8. The lowest BCUT2D eigenvalue weighted by molar-refractivity contribution is 0.477. The first-order valence-electron chi connectivity index (χ1n) is 10.5. The average molecular weight is 438 g/mol. The maximum absolute atomic E-state index is 13.1. The molecule has 1 aromatic heterocycles. The summed E-state index contributed by atoms with van der Waals surface area (Å²) >= 11 is 0. The number of hydrogen-bond acceptors (Lipinski definition) is 4. The van der Waals surface area contributed by atoms with E-state index in [0.29, 0.717) is 41.4 Å². The summed E-state index contributed by atoms with van der Waals surface area (Å²) in [6.07, 6.45) is 1.78. The van der Waals surface area contributed by atoms with Crippen LogP contribution in [0, 0.1) is 20.8 Å². The van der Waals surface area contributed by atoms with Crippen LogP contribution in [0.5, 0.6) is 0 Å². The number of hydrogen-bond donors (Lipinski definition) is 0. The van der Waals surface area contributed by atoms with E-state index < -0.39 is 10.0 Å². The zero-order chi connectivity index (χ0) is 22.2. The number of benzene rings is 2. The molecule has 0 atom stereocenters. The molecular formula is C24H27N3O3S. The molecule has 0 unspecified atom stereocenters. The Kier molecular flexibility index (Phi) is 5.81. The number of nitrogens with zero attached hydrogens (tertiary/aromatic N) is 3. The highest BCUT2D eigenvalue weighted by Gasteiger charge is 2.28. The van der Waals surface area contributed by atoms with Crippen molar-refractivity contribution < 1.29 is 8.42 Å². The van der Waals surface area contributed by atoms with Crippen molar-refractivity contribution in [3.63, 3.8) is 0 Å². The average Bonchev–Trinajstić information content (AvgIpc) is 3.28. The second-order valence-corrected chi connectivity index (χ2v) is 10.1. The minimum Gasteiger partial charge on any atom is -0.268 e. The van der Waals surface area contributed by atoms with Crippen LogP contribution in [0.4, 0.5) is 0 Å². The minimum absolute atomic E-state index is 0.193. The first-order chi connectivity index (χ1) is 14.8. The fourth-order valence-corrected chi connectivity index (χ4v) is 5.72. The van der Waals surface area contributed by atoms with Crippen molar-refractivity contribution in [2.24, 2.45) is 0 Å². The van der Waals surface area contributed by atoms with Crippen LogP contribution in [0.2, 0.25) is 0 Å². The van der Waals surface area contributed by atoms with Crippen LogP contribution >= 0.6 is 0 Å². The Morgan fingerprint density at radius 3 is 2.35 bits per heavy atom. The van der Waals surface area contributed by atoms with Gasteiger partial charge in [-0.2, -0.15) is 9.40 Å². The van der Waals surface area contributed by atoms with Crippen LogP contribution in [0.25, 0.3) is 11.3 Å². The molecule has 1 aliphatic rings. The van der Waals surface area contributed by atoms with E-state index in [0.717, 1.165) is 29.5 Å². The van der Waals surface area contributed by atoms with E-state index in [-0.39, 0.29) is 5.56 Å². The lowest BCUT2D eigenvalue weighted by Gasteiger charge is -2.18. The number of aromatic nitrogens is 2. The van der Waals surface area contributed by atoms with Crippen LogP contribution in [0.15, 0.2) is 58.2 Å². The molecule has 162 valence electrons. The summed E-state index contributed by atoms with van der Waals surface area (Å²) in [7, 11) is -3.54. The third-order valence-electron chi connectivity index (χ3n) is 5.86. The summed E-state index contributed by atoms with van der Waals surface area (Å²) < 4.78 is 29.2. The standard InChI is InChI=1S/C24H27N3O3S/c1-17-6-7-18(2)21(14-17)16-27-24(28)11-10-22(25-27)20-9-8-19(3)23(15-20)31(29,30)26-12-4-5-13-26/h6-11,14-15H,4-5,12-13,16H2,1-3H3. The predicted octanol–water partition coefficient (Wildman–Crippen LogP) is 3.67. The van der Waals surface area contributed by atoms with E-state index in [4.69, 9.17) is 0 Å². The highest BCUT2D eigenvalue weighted by atomic mass is 32.2. The Labute approximate surface area is 183 Å². The molecule has 2 aromatic carbocycles. The molecule has 3 aromatic rings. The molecule has 1 fully saturated rings. The predicted molar refractivity (Wildman–Crippen MR) is 122 cm³/mol. The van der Waals surface area contributed by atoms with Gasteiger partial charge in [0.15, 0.2) is 0 Å². The lowest BCUT2D eigenvalue weighted by Crippen LogP contribution is -2.28. The molecule has 0 N–H and O–H groups in total. The highest BCUT2D eigenvalue weighted by Crippen LogP contribution is 2.28. The summed E-state index contributed by atoms with van der Waals surface area (Å²) in [4.78, 5) is 12.8. The van der Waals surface area contributed by atoms with Crippen molar-refractivity contribution in [3.05, 3.63) is 81.1 Å². The van der Waals surface area contributed by atoms with Crippen molar-refractivity contribution in [3.8, 4) is 11.3 Å². The van der Waals surface area contributed by atoms with Crippen LogP contribution in [0.1, 0.15) is 35.1 Å². The van der Waals surface area contributed by atoms with E-state index in [1.54, 1.807) is 22.5 Å². The van der Waals surface area contributed by atoms with Crippen molar-refractivity contribution in [2.45, 2.75) is 45.1 Å². The van der Waals surface area contributed by atoms with Gasteiger partial charge in [0.2, 0.25) is 10.0 Å². The summed E-state index contributed by atoms with van der Waals surface area (Å²) in [5.41, 5.74) is 5.02. The zero-order valence-corrected chi connectivity index (χ0v) is 18.9. The van der Waals surface area contributed by atoms with Gasteiger partial charge in [-0.05, 0) is 62.4 Å². The van der Waals surface area contributed by atoms with Gasteiger partial charge in [0.1, 0.15) is 0 Å². The quantitative estimate of drug-likeness (QED) is 0.611. The first kappa shape index (κ1) is 21.5. The van der Waals surface area contributed by atoms with Gasteiger partial charge in [-0.25, -0.2) is 13.1 Å². The van der Waals surface area contributed by atoms with E-state index in [9.17, 15) is 13.2 Å². The SMILES string of the molecule is Cc1ccc(C)c(Cn2nc(-c3ccc(C)c(S(=O)(=O)N4CCCC4)c3)ccc2=O)c1. The number of aryl methyl sites for hydroxylation is 3. The number of rotatable bonds is 5.